The van der Waals surface area contributed by atoms with Gasteiger partial charge in [0.25, 0.3) is 0 Å². The van der Waals surface area contributed by atoms with Crippen molar-refractivity contribution in [3.8, 4) is 0 Å². The molecule has 0 heterocycles. The van der Waals surface area contributed by atoms with Crippen LogP contribution in [0.15, 0.2) is 24.3 Å². The second-order valence-corrected chi connectivity index (χ2v) is 6.67. The zero-order valence-electron chi connectivity index (χ0n) is 13.7. The van der Waals surface area contributed by atoms with Gasteiger partial charge in [-0.1, -0.05) is 32.0 Å². The number of nitrogens with one attached hydrogen (secondary N) is 1. The third kappa shape index (κ3) is 6.37. The highest BCUT2D eigenvalue weighted by Gasteiger charge is 2.22. The van der Waals surface area contributed by atoms with Crippen LogP contribution in [0, 0.1) is 11.7 Å². The third-order valence-electron chi connectivity index (χ3n) is 3.70. The lowest BCUT2D eigenvalue weighted by Crippen LogP contribution is -2.35. The van der Waals surface area contributed by atoms with E-state index in [0.29, 0.717) is 5.92 Å². The first-order valence-corrected chi connectivity index (χ1v) is 9.14. The summed E-state index contributed by atoms with van der Waals surface area (Å²) in [6.45, 7) is 7.30. The Morgan fingerprint density at radius 2 is 2.05 bits per heavy atom. The molecule has 4 heteroatoms. The van der Waals surface area contributed by atoms with Gasteiger partial charge in [-0.15, -0.1) is 0 Å². The van der Waals surface area contributed by atoms with Gasteiger partial charge < -0.3 is 10.2 Å². The molecule has 0 aliphatic carbocycles. The summed E-state index contributed by atoms with van der Waals surface area (Å²) in [6, 6.07) is 7.21. The van der Waals surface area contributed by atoms with E-state index in [1.807, 2.05) is 23.9 Å². The lowest BCUT2D eigenvalue weighted by molar-refractivity contribution is 0.254. The predicted molar refractivity (Wildman–Crippen MR) is 92.5 cm³/mol. The van der Waals surface area contributed by atoms with Crippen LogP contribution in [-0.4, -0.2) is 43.6 Å². The van der Waals surface area contributed by atoms with Crippen molar-refractivity contribution >= 4 is 11.8 Å². The van der Waals surface area contributed by atoms with Crippen LogP contribution < -0.4 is 5.32 Å². The van der Waals surface area contributed by atoms with Crippen LogP contribution in [0.2, 0.25) is 0 Å². The molecule has 0 fully saturated rings. The van der Waals surface area contributed by atoms with Gasteiger partial charge in [0.2, 0.25) is 0 Å². The number of benzene rings is 1. The van der Waals surface area contributed by atoms with Gasteiger partial charge in [0, 0.05) is 30.4 Å². The summed E-state index contributed by atoms with van der Waals surface area (Å²) < 4.78 is 14.1. The van der Waals surface area contributed by atoms with Crippen molar-refractivity contribution in [3.63, 3.8) is 0 Å². The second kappa shape index (κ2) is 10.2. The highest BCUT2D eigenvalue weighted by molar-refractivity contribution is 7.98. The first kappa shape index (κ1) is 18.5. The Bertz CT molecular complexity index is 400. The van der Waals surface area contributed by atoms with Crippen molar-refractivity contribution in [1.29, 1.82) is 0 Å². The largest absolute Gasteiger partial charge is 0.310 e. The standard InChI is InChI=1S/C17H29FN2S/c1-5-10-19-17(15-8-6-7-9-16(15)18)14(2)13-20(3)11-12-21-4/h6-9,14,17,19H,5,10-13H2,1-4H3. The van der Waals surface area contributed by atoms with Crippen LogP contribution in [-0.2, 0) is 0 Å². The molecule has 0 saturated carbocycles. The van der Waals surface area contributed by atoms with E-state index in [1.54, 1.807) is 12.1 Å². The fourth-order valence-electron chi connectivity index (χ4n) is 2.58. The van der Waals surface area contributed by atoms with Gasteiger partial charge in [0.1, 0.15) is 5.82 Å². The predicted octanol–water partition coefficient (Wildman–Crippen LogP) is 3.80. The molecule has 1 rings (SSSR count). The molecule has 21 heavy (non-hydrogen) atoms. The van der Waals surface area contributed by atoms with E-state index in [0.717, 1.165) is 37.4 Å². The maximum absolute atomic E-state index is 14.1. The SMILES string of the molecule is CCCNC(c1ccccc1F)C(C)CN(C)CCSC. The van der Waals surface area contributed by atoms with Gasteiger partial charge in [0.05, 0.1) is 0 Å². The van der Waals surface area contributed by atoms with Gasteiger partial charge in [-0.05, 0) is 38.3 Å². The Labute approximate surface area is 133 Å². The van der Waals surface area contributed by atoms with E-state index in [4.69, 9.17) is 0 Å². The molecule has 1 N–H and O–H groups in total. The zero-order valence-corrected chi connectivity index (χ0v) is 14.5. The molecule has 0 radical (unpaired) electrons. The van der Waals surface area contributed by atoms with Crippen molar-refractivity contribution in [2.75, 3.05) is 38.7 Å². The van der Waals surface area contributed by atoms with E-state index in [1.165, 1.54) is 0 Å². The lowest BCUT2D eigenvalue weighted by atomic mass is 9.93. The van der Waals surface area contributed by atoms with Crippen LogP contribution in [0.5, 0.6) is 0 Å². The summed E-state index contributed by atoms with van der Waals surface area (Å²) in [6.07, 6.45) is 3.18. The Morgan fingerprint density at radius 3 is 2.67 bits per heavy atom. The first-order chi connectivity index (χ1) is 10.1. The van der Waals surface area contributed by atoms with Crippen LogP contribution >= 0.6 is 11.8 Å². The highest BCUT2D eigenvalue weighted by atomic mass is 32.2. The second-order valence-electron chi connectivity index (χ2n) is 5.69. The number of halogens is 1. The number of nitrogens with zero attached hydrogens (tertiary/aromatic N) is 1. The highest BCUT2D eigenvalue weighted by Crippen LogP contribution is 2.25. The fourth-order valence-corrected chi connectivity index (χ4v) is 3.07. The molecule has 0 aromatic heterocycles. The topological polar surface area (TPSA) is 15.3 Å². The average molecular weight is 312 g/mol. The molecule has 120 valence electrons. The Morgan fingerprint density at radius 1 is 1.33 bits per heavy atom. The molecule has 2 atom stereocenters. The molecule has 1 aromatic carbocycles. The fraction of sp³-hybridized carbons (Fsp3) is 0.647. The molecule has 0 aliphatic rings. The third-order valence-corrected chi connectivity index (χ3v) is 4.29. The van der Waals surface area contributed by atoms with Crippen molar-refractivity contribution in [2.24, 2.45) is 5.92 Å². The van der Waals surface area contributed by atoms with Gasteiger partial charge in [0.15, 0.2) is 0 Å². The van der Waals surface area contributed by atoms with E-state index in [2.05, 4.69) is 37.4 Å². The van der Waals surface area contributed by atoms with Crippen LogP contribution in [0.25, 0.3) is 0 Å². The van der Waals surface area contributed by atoms with Crippen molar-refractivity contribution in [1.82, 2.24) is 10.2 Å². The molecule has 2 nitrogen and oxygen atoms in total. The minimum atomic E-state index is -0.107. The normalized spacial score (nSPS) is 14.4. The molecule has 0 aliphatic heterocycles. The summed E-state index contributed by atoms with van der Waals surface area (Å²) in [7, 11) is 2.14. The molecular formula is C17H29FN2S. The quantitative estimate of drug-likeness (QED) is 0.707. The maximum atomic E-state index is 14.1. The van der Waals surface area contributed by atoms with Crippen LogP contribution in [0.4, 0.5) is 4.39 Å². The minimum absolute atomic E-state index is 0.0721. The summed E-state index contributed by atoms with van der Waals surface area (Å²) in [5, 5.41) is 3.52. The maximum Gasteiger partial charge on any atom is 0.127 e. The smallest absolute Gasteiger partial charge is 0.127 e. The van der Waals surface area contributed by atoms with Gasteiger partial charge in [-0.25, -0.2) is 4.39 Å². The summed E-state index contributed by atoms with van der Waals surface area (Å²) in [4.78, 5) is 2.34. The molecule has 0 spiro atoms. The monoisotopic (exact) mass is 312 g/mol. The van der Waals surface area contributed by atoms with Gasteiger partial charge in [-0.3, -0.25) is 0 Å². The molecule has 2 unspecified atom stereocenters. The number of hydrogen-bond donors (Lipinski definition) is 1. The van der Waals surface area contributed by atoms with E-state index >= 15 is 0 Å². The van der Waals surface area contributed by atoms with Crippen molar-refractivity contribution in [2.45, 2.75) is 26.3 Å². The van der Waals surface area contributed by atoms with E-state index < -0.39 is 0 Å². The molecule has 0 bridgehead atoms. The Hall–Kier alpha value is -0.580. The lowest BCUT2D eigenvalue weighted by Gasteiger charge is -2.29. The average Bonchev–Trinajstić information content (AvgIpc) is 2.47. The molecule has 0 saturated heterocycles. The van der Waals surface area contributed by atoms with Crippen molar-refractivity contribution < 1.29 is 4.39 Å². The molecule has 0 amide bonds. The molecule has 1 aromatic rings. The van der Waals surface area contributed by atoms with E-state index in [9.17, 15) is 4.39 Å². The number of thioether (sulfide) groups is 1. The number of rotatable bonds is 10. The Balaban J connectivity index is 2.75. The Kier molecular flexibility index (Phi) is 8.97. The summed E-state index contributed by atoms with van der Waals surface area (Å²) in [5.41, 5.74) is 0.789. The van der Waals surface area contributed by atoms with Crippen LogP contribution in [0.3, 0.4) is 0 Å². The van der Waals surface area contributed by atoms with Crippen molar-refractivity contribution in [3.05, 3.63) is 35.6 Å². The molecular weight excluding hydrogens is 283 g/mol. The van der Waals surface area contributed by atoms with Crippen LogP contribution in [0.1, 0.15) is 31.9 Å². The zero-order chi connectivity index (χ0) is 15.7. The van der Waals surface area contributed by atoms with Gasteiger partial charge >= 0.3 is 0 Å². The minimum Gasteiger partial charge on any atom is -0.310 e. The van der Waals surface area contributed by atoms with Gasteiger partial charge in [-0.2, -0.15) is 11.8 Å². The summed E-state index contributed by atoms with van der Waals surface area (Å²) >= 11 is 1.86. The van der Waals surface area contributed by atoms with E-state index in [-0.39, 0.29) is 11.9 Å². The summed E-state index contributed by atoms with van der Waals surface area (Å²) in [5.74, 6) is 1.39. The number of hydrogen-bond acceptors (Lipinski definition) is 3. The first-order valence-electron chi connectivity index (χ1n) is 7.75.